The molecule has 30 heavy (non-hydrogen) atoms. The molecule has 0 spiro atoms. The first kappa shape index (κ1) is 21.8. The van der Waals surface area contributed by atoms with Crippen LogP contribution in [0.5, 0.6) is 0 Å². The topological polar surface area (TPSA) is 87.3 Å². The number of hydrogen-bond donors (Lipinski definition) is 3. The number of halogens is 1. The summed E-state index contributed by atoms with van der Waals surface area (Å²) in [5.41, 5.74) is 1.46. The van der Waals surface area contributed by atoms with Crippen molar-refractivity contribution in [3.05, 3.63) is 64.7 Å². The molecule has 3 amide bonds. The third kappa shape index (κ3) is 6.07. The molecule has 158 valence electrons. The number of hydrogen-bond acceptors (Lipinski definition) is 3. The van der Waals surface area contributed by atoms with Crippen molar-refractivity contribution < 1.29 is 14.4 Å². The van der Waals surface area contributed by atoms with Gasteiger partial charge in [0.15, 0.2) is 0 Å². The maximum Gasteiger partial charge on any atom is 0.252 e. The van der Waals surface area contributed by atoms with Gasteiger partial charge in [-0.2, -0.15) is 0 Å². The van der Waals surface area contributed by atoms with Gasteiger partial charge in [0.2, 0.25) is 5.91 Å². The number of benzene rings is 2. The summed E-state index contributed by atoms with van der Waals surface area (Å²) < 4.78 is 0. The first-order chi connectivity index (χ1) is 14.5. The third-order valence-corrected chi connectivity index (χ3v) is 5.51. The van der Waals surface area contributed by atoms with Gasteiger partial charge >= 0.3 is 0 Å². The van der Waals surface area contributed by atoms with Gasteiger partial charge in [-0.15, -0.1) is 0 Å². The highest BCUT2D eigenvalue weighted by Crippen LogP contribution is 2.25. The third-order valence-electron chi connectivity index (χ3n) is 5.18. The zero-order valence-corrected chi connectivity index (χ0v) is 17.5. The first-order valence-corrected chi connectivity index (χ1v) is 10.6. The first-order valence-electron chi connectivity index (χ1n) is 10.3. The van der Waals surface area contributed by atoms with Crippen LogP contribution in [-0.4, -0.2) is 30.8 Å². The summed E-state index contributed by atoms with van der Waals surface area (Å²) >= 11 is 6.00. The van der Waals surface area contributed by atoms with Crippen LogP contribution < -0.4 is 16.0 Å². The Kier molecular flexibility index (Phi) is 7.85. The van der Waals surface area contributed by atoms with Gasteiger partial charge in [-0.25, -0.2) is 0 Å². The minimum absolute atomic E-state index is 0.0227. The van der Waals surface area contributed by atoms with Gasteiger partial charge in [0.05, 0.1) is 10.6 Å². The van der Waals surface area contributed by atoms with Crippen LogP contribution in [0, 0.1) is 5.92 Å². The second kappa shape index (κ2) is 10.8. The Balaban J connectivity index is 1.46. The molecule has 1 fully saturated rings. The highest BCUT2D eigenvalue weighted by Gasteiger charge is 2.21. The molecule has 3 N–H and O–H groups in total. The lowest BCUT2D eigenvalue weighted by molar-refractivity contribution is -0.120. The van der Waals surface area contributed by atoms with Crippen molar-refractivity contribution in [2.24, 2.45) is 5.92 Å². The van der Waals surface area contributed by atoms with Crippen molar-refractivity contribution >= 4 is 35.0 Å². The summed E-state index contributed by atoms with van der Waals surface area (Å²) in [6, 6.07) is 13.7. The van der Waals surface area contributed by atoms with Crippen LogP contribution >= 0.6 is 11.6 Å². The summed E-state index contributed by atoms with van der Waals surface area (Å²) in [6.07, 6.45) is 5.22. The molecular weight excluding hydrogens is 402 g/mol. The Morgan fingerprint density at radius 3 is 2.30 bits per heavy atom. The zero-order valence-electron chi connectivity index (χ0n) is 16.7. The molecule has 1 aliphatic carbocycles. The molecule has 0 radical (unpaired) electrons. The number of nitrogens with one attached hydrogen (secondary N) is 3. The zero-order chi connectivity index (χ0) is 21.3. The minimum Gasteiger partial charge on any atom is -0.350 e. The lowest BCUT2D eigenvalue weighted by Gasteiger charge is -2.20. The average Bonchev–Trinajstić information content (AvgIpc) is 2.77. The summed E-state index contributed by atoms with van der Waals surface area (Å²) in [4.78, 5) is 36.9. The van der Waals surface area contributed by atoms with Crippen molar-refractivity contribution in [1.82, 2.24) is 10.6 Å². The van der Waals surface area contributed by atoms with E-state index in [9.17, 15) is 14.4 Å². The molecule has 3 rings (SSSR count). The lowest BCUT2D eigenvalue weighted by atomic mass is 9.88. The molecule has 0 aromatic heterocycles. The number of carbonyl (C=O) groups is 3. The molecule has 6 nitrogen and oxygen atoms in total. The molecule has 0 unspecified atom stereocenters. The predicted octanol–water partition coefficient (Wildman–Crippen LogP) is 4.02. The molecule has 0 aliphatic heterocycles. The molecule has 0 saturated heterocycles. The molecule has 0 heterocycles. The number of anilines is 1. The smallest absolute Gasteiger partial charge is 0.252 e. The highest BCUT2D eigenvalue weighted by molar-refractivity contribution is 6.33. The summed E-state index contributed by atoms with van der Waals surface area (Å²) in [7, 11) is 0. The second-order valence-electron chi connectivity index (χ2n) is 7.40. The Morgan fingerprint density at radius 1 is 0.867 bits per heavy atom. The molecule has 1 saturated carbocycles. The number of amides is 3. The van der Waals surface area contributed by atoms with Gasteiger partial charge in [-0.05, 0) is 43.2 Å². The molecule has 2 aromatic rings. The van der Waals surface area contributed by atoms with Crippen LogP contribution in [0.25, 0.3) is 0 Å². The van der Waals surface area contributed by atoms with Crippen LogP contribution in [0.4, 0.5) is 5.69 Å². The van der Waals surface area contributed by atoms with E-state index in [2.05, 4.69) is 16.0 Å². The quantitative estimate of drug-likeness (QED) is 0.583. The van der Waals surface area contributed by atoms with E-state index in [-0.39, 0.29) is 36.7 Å². The lowest BCUT2D eigenvalue weighted by Crippen LogP contribution is -2.34. The van der Waals surface area contributed by atoms with Crippen LogP contribution in [0.3, 0.4) is 0 Å². The highest BCUT2D eigenvalue weighted by atomic mass is 35.5. The van der Waals surface area contributed by atoms with E-state index in [1.54, 1.807) is 48.5 Å². The van der Waals surface area contributed by atoms with Crippen molar-refractivity contribution in [3.8, 4) is 0 Å². The Bertz CT molecular complexity index is 910. The van der Waals surface area contributed by atoms with E-state index >= 15 is 0 Å². The average molecular weight is 428 g/mol. The maximum atomic E-state index is 12.4. The van der Waals surface area contributed by atoms with Gasteiger partial charge in [-0.1, -0.05) is 49.1 Å². The van der Waals surface area contributed by atoms with E-state index in [0.717, 1.165) is 25.7 Å². The summed E-state index contributed by atoms with van der Waals surface area (Å²) in [5.74, 6) is -0.481. The fourth-order valence-corrected chi connectivity index (χ4v) is 3.76. The number of carbonyl (C=O) groups excluding carboxylic acids is 3. The van der Waals surface area contributed by atoms with Gasteiger partial charge < -0.3 is 16.0 Å². The van der Waals surface area contributed by atoms with E-state index in [1.165, 1.54) is 6.42 Å². The second-order valence-corrected chi connectivity index (χ2v) is 7.80. The van der Waals surface area contributed by atoms with Crippen LogP contribution in [0.2, 0.25) is 5.02 Å². The fraction of sp³-hybridized carbons (Fsp3) is 0.348. The fourth-order valence-electron chi connectivity index (χ4n) is 3.54. The van der Waals surface area contributed by atoms with Gasteiger partial charge in [0.1, 0.15) is 0 Å². The van der Waals surface area contributed by atoms with E-state index in [1.807, 2.05) is 0 Å². The van der Waals surface area contributed by atoms with Crippen molar-refractivity contribution in [1.29, 1.82) is 0 Å². The molecule has 7 heteroatoms. The molecule has 1 aliphatic rings. The Hall–Kier alpha value is -2.86. The molecule has 2 aromatic carbocycles. The summed E-state index contributed by atoms with van der Waals surface area (Å²) in [5, 5.41) is 8.80. The minimum atomic E-state index is -0.290. The van der Waals surface area contributed by atoms with E-state index < -0.39 is 0 Å². The molecular formula is C23H26ClN3O3. The molecule has 0 atom stereocenters. The van der Waals surface area contributed by atoms with Crippen LogP contribution in [-0.2, 0) is 4.79 Å². The van der Waals surface area contributed by atoms with Crippen molar-refractivity contribution in [2.75, 3.05) is 18.4 Å². The number of rotatable bonds is 7. The predicted molar refractivity (Wildman–Crippen MR) is 118 cm³/mol. The van der Waals surface area contributed by atoms with Gasteiger partial charge in [0.25, 0.3) is 11.8 Å². The largest absolute Gasteiger partial charge is 0.350 e. The van der Waals surface area contributed by atoms with Crippen LogP contribution in [0.15, 0.2) is 48.5 Å². The molecule has 0 bridgehead atoms. The van der Waals surface area contributed by atoms with Crippen molar-refractivity contribution in [3.63, 3.8) is 0 Å². The van der Waals surface area contributed by atoms with Crippen LogP contribution in [0.1, 0.15) is 52.8 Å². The van der Waals surface area contributed by atoms with Gasteiger partial charge in [-0.3, -0.25) is 14.4 Å². The van der Waals surface area contributed by atoms with E-state index in [0.29, 0.717) is 21.8 Å². The summed E-state index contributed by atoms with van der Waals surface area (Å²) in [6.45, 7) is 0.543. The standard InChI is InChI=1S/C23H26ClN3O3/c24-20-12-5-4-11-19(20)23(30)26-14-13-25-21(28)17-9-6-10-18(15-17)27-22(29)16-7-2-1-3-8-16/h4-6,9-12,15-16H,1-3,7-8,13-14H2,(H,25,28)(H,26,30)(H,27,29). The van der Waals surface area contributed by atoms with E-state index in [4.69, 9.17) is 11.6 Å². The van der Waals surface area contributed by atoms with Crippen molar-refractivity contribution in [2.45, 2.75) is 32.1 Å². The normalized spacial score (nSPS) is 14.0. The monoisotopic (exact) mass is 427 g/mol. The van der Waals surface area contributed by atoms with Gasteiger partial charge in [0, 0.05) is 30.3 Å². The Labute approximate surface area is 181 Å². The Morgan fingerprint density at radius 2 is 1.57 bits per heavy atom. The maximum absolute atomic E-state index is 12.4. The SMILES string of the molecule is O=C(NCCNC(=O)c1ccccc1Cl)c1cccc(NC(=O)C2CCCCC2)c1.